The van der Waals surface area contributed by atoms with Crippen LogP contribution in [0, 0.1) is 0 Å². The topological polar surface area (TPSA) is 86.7 Å². The second-order valence-electron chi connectivity index (χ2n) is 9.14. The van der Waals surface area contributed by atoms with Crippen molar-refractivity contribution in [1.82, 2.24) is 4.90 Å². The molecule has 5 rings (SSSR count). The van der Waals surface area contributed by atoms with Crippen LogP contribution < -0.4 is 5.32 Å². The minimum Gasteiger partial charge on any atom is -0.479 e. The van der Waals surface area contributed by atoms with Crippen LogP contribution in [0.5, 0.6) is 0 Å². The first-order valence-corrected chi connectivity index (χ1v) is 12.4. The molecule has 4 aromatic carbocycles. The first-order chi connectivity index (χ1) is 19.0. The smallest absolute Gasteiger partial charge is 0.416 e. The Morgan fingerprint density at radius 1 is 0.875 bits per heavy atom. The second kappa shape index (κ2) is 10.5. The Kier molecular flexibility index (Phi) is 7.08. The van der Waals surface area contributed by atoms with Gasteiger partial charge in [0, 0.05) is 5.02 Å². The van der Waals surface area contributed by atoms with Crippen molar-refractivity contribution in [2.24, 2.45) is 0 Å². The molecule has 2 N–H and O–H groups in total. The van der Waals surface area contributed by atoms with Gasteiger partial charge in [-0.1, -0.05) is 72.3 Å². The summed E-state index contributed by atoms with van der Waals surface area (Å²) in [5, 5.41) is 13.3. The van der Waals surface area contributed by atoms with Gasteiger partial charge < -0.3 is 15.3 Å². The Hall–Kier alpha value is -4.63. The number of aliphatic carboxylic acids is 1. The number of hydrogen-bond acceptors (Lipinski definition) is 3. The van der Waals surface area contributed by atoms with E-state index >= 15 is 0 Å². The third kappa shape index (κ3) is 5.15. The van der Waals surface area contributed by atoms with Crippen molar-refractivity contribution in [3.05, 3.63) is 124 Å². The molecular weight excluding hydrogens is 545 g/mol. The number of nitrogens with one attached hydrogen (secondary N) is 1. The van der Waals surface area contributed by atoms with Gasteiger partial charge in [-0.05, 0) is 58.7 Å². The predicted octanol–water partition coefficient (Wildman–Crippen LogP) is 6.99. The normalized spacial score (nSPS) is 16.1. The maximum Gasteiger partial charge on any atom is 0.416 e. The van der Waals surface area contributed by atoms with Crippen molar-refractivity contribution >= 4 is 35.1 Å². The van der Waals surface area contributed by atoms with E-state index in [2.05, 4.69) is 5.32 Å². The first kappa shape index (κ1) is 27.0. The zero-order valence-electron chi connectivity index (χ0n) is 20.5. The molecule has 40 heavy (non-hydrogen) atoms. The Labute approximate surface area is 231 Å². The number of carbonyl (C=O) groups excluding carboxylic acids is 2. The molecule has 2 unspecified atom stereocenters. The minimum absolute atomic E-state index is 0.00940. The summed E-state index contributed by atoms with van der Waals surface area (Å²) in [6.45, 7) is 0. The highest BCUT2D eigenvalue weighted by Gasteiger charge is 2.44. The highest BCUT2D eigenvalue weighted by molar-refractivity contribution is 6.30. The summed E-state index contributed by atoms with van der Waals surface area (Å²) in [6.07, 6.45) is -4.63. The van der Waals surface area contributed by atoms with Crippen LogP contribution in [0.4, 0.5) is 18.9 Å². The van der Waals surface area contributed by atoms with Crippen molar-refractivity contribution in [3.63, 3.8) is 0 Å². The maximum atomic E-state index is 14.2. The fourth-order valence-electron chi connectivity index (χ4n) is 4.72. The molecular formula is C30H20ClF3N2O4. The van der Waals surface area contributed by atoms with E-state index < -0.39 is 41.6 Å². The Morgan fingerprint density at radius 3 is 2.12 bits per heavy atom. The van der Waals surface area contributed by atoms with E-state index in [0.717, 1.165) is 34.7 Å². The molecule has 202 valence electrons. The summed E-state index contributed by atoms with van der Waals surface area (Å²) < 4.78 is 39.8. The Morgan fingerprint density at radius 2 is 1.52 bits per heavy atom. The lowest BCUT2D eigenvalue weighted by Crippen LogP contribution is -2.44. The number of nitrogens with zero attached hydrogens (tertiary/aromatic N) is 1. The molecule has 1 aliphatic heterocycles. The van der Waals surface area contributed by atoms with Crippen LogP contribution in [0.15, 0.2) is 97.1 Å². The Bertz CT molecular complexity index is 1590. The number of halogens is 4. The largest absolute Gasteiger partial charge is 0.479 e. The van der Waals surface area contributed by atoms with Gasteiger partial charge in [0.25, 0.3) is 11.8 Å². The lowest BCUT2D eigenvalue weighted by molar-refractivity contribution is -0.144. The number of anilines is 1. The molecule has 4 aromatic rings. The molecule has 0 fully saturated rings. The average molecular weight is 565 g/mol. The third-order valence-electron chi connectivity index (χ3n) is 6.63. The lowest BCUT2D eigenvalue weighted by Gasteiger charge is -2.34. The monoisotopic (exact) mass is 564 g/mol. The molecule has 0 saturated carbocycles. The van der Waals surface area contributed by atoms with E-state index in [0.29, 0.717) is 10.6 Å². The van der Waals surface area contributed by atoms with E-state index in [1.54, 1.807) is 18.2 Å². The predicted molar refractivity (Wildman–Crippen MR) is 143 cm³/mol. The standard InChI is InChI=1S/C30H20ClF3N2O4/c31-22-13-8-19(9-14-22)26(29(39)40)36-25(18-6-11-21(12-7-18)30(32,33)34)27(37)35-24-15-10-20(16-23(24)28(36)38)17-4-2-1-3-5-17/h1-16,25-26H,(H,35,37)(H,39,40). The number of rotatable bonds is 5. The SMILES string of the molecule is O=C(O)C(c1ccc(Cl)cc1)N1C(=O)c2cc(-c3ccccc3)ccc2NC(=O)C1c1ccc(C(F)(F)F)cc1. The summed E-state index contributed by atoms with van der Waals surface area (Å²) in [6, 6.07) is 20.1. The van der Waals surface area contributed by atoms with Gasteiger partial charge in [0.1, 0.15) is 6.04 Å². The second-order valence-corrected chi connectivity index (χ2v) is 9.58. The van der Waals surface area contributed by atoms with Crippen LogP contribution in [0.2, 0.25) is 5.02 Å². The van der Waals surface area contributed by atoms with E-state index in [-0.39, 0.29) is 22.4 Å². The third-order valence-corrected chi connectivity index (χ3v) is 6.88. The van der Waals surface area contributed by atoms with Crippen LogP contribution >= 0.6 is 11.6 Å². The number of benzene rings is 4. The summed E-state index contributed by atoms with van der Waals surface area (Å²) in [5.41, 5.74) is 0.818. The molecule has 0 radical (unpaired) electrons. The fraction of sp³-hybridized carbons (Fsp3) is 0.100. The Balaban J connectivity index is 1.70. The summed E-state index contributed by atoms with van der Waals surface area (Å²) >= 11 is 5.99. The van der Waals surface area contributed by atoms with Crippen molar-refractivity contribution in [2.45, 2.75) is 18.3 Å². The van der Waals surface area contributed by atoms with Crippen LogP contribution in [0.1, 0.15) is 39.1 Å². The van der Waals surface area contributed by atoms with Crippen molar-refractivity contribution in [2.75, 3.05) is 5.32 Å². The zero-order chi connectivity index (χ0) is 28.6. The van der Waals surface area contributed by atoms with Crippen molar-refractivity contribution < 1.29 is 32.7 Å². The summed E-state index contributed by atoms with van der Waals surface area (Å²) in [5.74, 6) is -3.01. The molecule has 0 spiro atoms. The number of carbonyl (C=O) groups is 3. The lowest BCUT2D eigenvalue weighted by atomic mass is 9.96. The molecule has 6 nitrogen and oxygen atoms in total. The highest BCUT2D eigenvalue weighted by atomic mass is 35.5. The number of hydrogen-bond donors (Lipinski definition) is 2. The van der Waals surface area contributed by atoms with Gasteiger partial charge >= 0.3 is 12.1 Å². The fourth-order valence-corrected chi connectivity index (χ4v) is 4.85. The number of amides is 2. The molecule has 0 saturated heterocycles. The molecule has 0 bridgehead atoms. The van der Waals surface area contributed by atoms with Gasteiger partial charge in [-0.2, -0.15) is 13.2 Å². The van der Waals surface area contributed by atoms with Crippen LogP contribution in [-0.2, 0) is 15.8 Å². The van der Waals surface area contributed by atoms with Gasteiger partial charge in [0.05, 0.1) is 16.8 Å². The van der Waals surface area contributed by atoms with E-state index in [9.17, 15) is 32.7 Å². The first-order valence-electron chi connectivity index (χ1n) is 12.0. The van der Waals surface area contributed by atoms with Crippen molar-refractivity contribution in [3.8, 4) is 11.1 Å². The van der Waals surface area contributed by atoms with Crippen LogP contribution in [0.3, 0.4) is 0 Å². The van der Waals surface area contributed by atoms with Gasteiger partial charge in [0.2, 0.25) is 0 Å². The quantitative estimate of drug-likeness (QED) is 0.274. The number of carboxylic acids is 1. The van der Waals surface area contributed by atoms with E-state index in [1.165, 1.54) is 24.3 Å². The van der Waals surface area contributed by atoms with E-state index in [1.807, 2.05) is 30.3 Å². The zero-order valence-corrected chi connectivity index (χ0v) is 21.3. The van der Waals surface area contributed by atoms with Gasteiger partial charge in [0.15, 0.2) is 6.04 Å². The number of alkyl halides is 3. The van der Waals surface area contributed by atoms with E-state index in [4.69, 9.17) is 11.6 Å². The summed E-state index contributed by atoms with van der Waals surface area (Å²) in [4.78, 5) is 41.5. The number of carboxylic acid groups (broad SMARTS) is 1. The van der Waals surface area contributed by atoms with Crippen LogP contribution in [0.25, 0.3) is 11.1 Å². The number of fused-ring (bicyclic) bond motifs is 1. The molecule has 2 amide bonds. The molecule has 2 atom stereocenters. The highest BCUT2D eigenvalue weighted by Crippen LogP contribution is 2.40. The molecule has 0 aliphatic carbocycles. The molecule has 10 heteroatoms. The van der Waals surface area contributed by atoms with Crippen molar-refractivity contribution in [1.29, 1.82) is 0 Å². The van der Waals surface area contributed by atoms with Crippen LogP contribution in [-0.4, -0.2) is 27.8 Å². The van der Waals surface area contributed by atoms with Gasteiger partial charge in [-0.25, -0.2) is 4.79 Å². The molecule has 0 aromatic heterocycles. The minimum atomic E-state index is -4.63. The molecule has 1 heterocycles. The maximum absolute atomic E-state index is 14.2. The van der Waals surface area contributed by atoms with Gasteiger partial charge in [-0.3, -0.25) is 9.59 Å². The van der Waals surface area contributed by atoms with Gasteiger partial charge in [-0.15, -0.1) is 0 Å². The summed E-state index contributed by atoms with van der Waals surface area (Å²) in [7, 11) is 0. The average Bonchev–Trinajstić information content (AvgIpc) is 3.03. The molecule has 1 aliphatic rings.